The molecule has 0 bridgehead atoms. The van der Waals surface area contributed by atoms with Gasteiger partial charge in [0.05, 0.1) is 0 Å². The molecule has 1 aromatic heterocycles. The van der Waals surface area contributed by atoms with Gasteiger partial charge in [-0.15, -0.1) is 0 Å². The summed E-state index contributed by atoms with van der Waals surface area (Å²) in [4.78, 5) is 3.31. The van der Waals surface area contributed by atoms with Crippen molar-refractivity contribution in [2.24, 2.45) is 0 Å². The fraction of sp³-hybridized carbons (Fsp3) is 0.111. The number of aromatic amines is 1. The molecule has 0 fully saturated rings. The molecule has 0 saturated carbocycles. The van der Waals surface area contributed by atoms with Crippen LogP contribution in [0.3, 0.4) is 0 Å². The van der Waals surface area contributed by atoms with Gasteiger partial charge in [0.1, 0.15) is 0 Å². The molecule has 1 heteroatoms. The molecule has 0 amide bonds. The van der Waals surface area contributed by atoms with Crippen LogP contribution in [0.25, 0.3) is 0 Å². The number of hydrogen-bond donors (Lipinski definition) is 1. The summed E-state index contributed by atoms with van der Waals surface area (Å²) in [5, 5.41) is 0. The van der Waals surface area contributed by atoms with Gasteiger partial charge in [-0.25, -0.2) is 0 Å². The molecule has 0 atom stereocenters. The van der Waals surface area contributed by atoms with Crippen LogP contribution in [-0.4, -0.2) is 4.98 Å². The van der Waals surface area contributed by atoms with E-state index in [2.05, 4.69) is 77.8 Å². The number of rotatable bonds is 4. The smallest absolute Gasteiger partial charge is 0.0156 e. The average Bonchev–Trinajstić information content (AvgIpc) is 3.00. The van der Waals surface area contributed by atoms with Crippen LogP contribution in [0.5, 0.6) is 0 Å². The Balaban J connectivity index is 1.96. The van der Waals surface area contributed by atoms with Crippen LogP contribution in [-0.2, 0) is 6.42 Å². The van der Waals surface area contributed by atoms with Gasteiger partial charge in [-0.1, -0.05) is 60.7 Å². The molecule has 0 unspecified atom stereocenters. The zero-order chi connectivity index (χ0) is 12.9. The molecule has 0 saturated heterocycles. The van der Waals surface area contributed by atoms with E-state index in [-0.39, 0.29) is 0 Å². The van der Waals surface area contributed by atoms with Gasteiger partial charge in [0, 0.05) is 17.8 Å². The highest BCUT2D eigenvalue weighted by molar-refractivity contribution is 5.33. The molecule has 0 aliphatic carbocycles. The van der Waals surface area contributed by atoms with Gasteiger partial charge in [-0.3, -0.25) is 0 Å². The SMILES string of the molecule is c1ccc(C(Cc2ccc[nH]2)c2ccccc2)cc1. The Morgan fingerprint density at radius 1 is 0.684 bits per heavy atom. The summed E-state index contributed by atoms with van der Waals surface area (Å²) < 4.78 is 0. The van der Waals surface area contributed by atoms with Crippen LogP contribution in [0.1, 0.15) is 22.7 Å². The lowest BCUT2D eigenvalue weighted by Gasteiger charge is -2.17. The highest BCUT2D eigenvalue weighted by atomic mass is 14.7. The van der Waals surface area contributed by atoms with Crippen LogP contribution in [0, 0.1) is 0 Å². The molecule has 3 aromatic rings. The average molecular weight is 247 g/mol. The van der Waals surface area contributed by atoms with Gasteiger partial charge in [-0.05, 0) is 29.7 Å². The van der Waals surface area contributed by atoms with E-state index in [0.717, 1.165) is 6.42 Å². The van der Waals surface area contributed by atoms with Crippen molar-refractivity contribution in [1.82, 2.24) is 4.98 Å². The zero-order valence-electron chi connectivity index (χ0n) is 10.8. The van der Waals surface area contributed by atoms with Crippen molar-refractivity contribution in [3.8, 4) is 0 Å². The van der Waals surface area contributed by atoms with E-state index in [1.807, 2.05) is 6.20 Å². The molecule has 0 spiro atoms. The minimum atomic E-state index is 0.404. The minimum Gasteiger partial charge on any atom is -0.365 e. The van der Waals surface area contributed by atoms with E-state index in [1.165, 1.54) is 16.8 Å². The Hall–Kier alpha value is -2.28. The highest BCUT2D eigenvalue weighted by Gasteiger charge is 2.14. The normalized spacial score (nSPS) is 10.8. The van der Waals surface area contributed by atoms with E-state index in [0.29, 0.717) is 5.92 Å². The first kappa shape index (κ1) is 11.8. The van der Waals surface area contributed by atoms with Gasteiger partial charge >= 0.3 is 0 Å². The molecular formula is C18H17N. The fourth-order valence-corrected chi connectivity index (χ4v) is 2.51. The lowest BCUT2D eigenvalue weighted by molar-refractivity contribution is 0.788. The summed E-state index contributed by atoms with van der Waals surface area (Å²) in [6.45, 7) is 0. The summed E-state index contributed by atoms with van der Waals surface area (Å²) >= 11 is 0. The number of hydrogen-bond acceptors (Lipinski definition) is 0. The van der Waals surface area contributed by atoms with Gasteiger partial charge in [0.25, 0.3) is 0 Å². The Labute approximate surface area is 113 Å². The molecule has 0 aliphatic heterocycles. The Morgan fingerprint density at radius 3 is 1.74 bits per heavy atom. The van der Waals surface area contributed by atoms with E-state index in [9.17, 15) is 0 Å². The van der Waals surface area contributed by atoms with Crippen molar-refractivity contribution in [2.75, 3.05) is 0 Å². The first-order valence-electron chi connectivity index (χ1n) is 6.65. The first-order valence-corrected chi connectivity index (χ1v) is 6.65. The zero-order valence-corrected chi connectivity index (χ0v) is 10.8. The number of nitrogens with one attached hydrogen (secondary N) is 1. The molecule has 0 radical (unpaired) electrons. The quantitative estimate of drug-likeness (QED) is 0.703. The molecule has 19 heavy (non-hydrogen) atoms. The molecule has 2 aromatic carbocycles. The van der Waals surface area contributed by atoms with Crippen molar-refractivity contribution < 1.29 is 0 Å². The fourth-order valence-electron chi connectivity index (χ4n) is 2.51. The van der Waals surface area contributed by atoms with Crippen molar-refractivity contribution in [1.29, 1.82) is 0 Å². The Kier molecular flexibility index (Phi) is 3.46. The van der Waals surface area contributed by atoms with Gasteiger partial charge < -0.3 is 4.98 Å². The van der Waals surface area contributed by atoms with Crippen molar-refractivity contribution in [2.45, 2.75) is 12.3 Å². The third-order valence-electron chi connectivity index (χ3n) is 3.49. The number of aromatic nitrogens is 1. The van der Waals surface area contributed by atoms with E-state index in [4.69, 9.17) is 0 Å². The van der Waals surface area contributed by atoms with Crippen molar-refractivity contribution in [3.05, 3.63) is 95.8 Å². The predicted octanol–water partition coefficient (Wildman–Crippen LogP) is 4.39. The molecule has 0 aliphatic rings. The number of benzene rings is 2. The van der Waals surface area contributed by atoms with Crippen LogP contribution in [0.4, 0.5) is 0 Å². The lowest BCUT2D eigenvalue weighted by atomic mass is 9.87. The first-order chi connectivity index (χ1) is 9.43. The number of H-pyrrole nitrogens is 1. The third-order valence-corrected chi connectivity index (χ3v) is 3.49. The lowest BCUT2D eigenvalue weighted by Crippen LogP contribution is -2.05. The van der Waals surface area contributed by atoms with Crippen molar-refractivity contribution in [3.63, 3.8) is 0 Å². The van der Waals surface area contributed by atoms with Gasteiger partial charge in [-0.2, -0.15) is 0 Å². The summed E-state index contributed by atoms with van der Waals surface area (Å²) in [6.07, 6.45) is 2.99. The largest absolute Gasteiger partial charge is 0.365 e. The highest BCUT2D eigenvalue weighted by Crippen LogP contribution is 2.27. The third kappa shape index (κ3) is 2.76. The summed E-state index contributed by atoms with van der Waals surface area (Å²) in [5.74, 6) is 0.404. The van der Waals surface area contributed by atoms with Gasteiger partial charge in [0.15, 0.2) is 0 Å². The second kappa shape index (κ2) is 5.57. The van der Waals surface area contributed by atoms with Crippen LogP contribution < -0.4 is 0 Å². The Morgan fingerprint density at radius 2 is 1.26 bits per heavy atom. The molecule has 3 rings (SSSR count). The predicted molar refractivity (Wildman–Crippen MR) is 79.2 cm³/mol. The second-order valence-corrected chi connectivity index (χ2v) is 4.77. The summed E-state index contributed by atoms with van der Waals surface area (Å²) in [7, 11) is 0. The molecule has 1 nitrogen and oxygen atoms in total. The molecule has 94 valence electrons. The molecule has 1 N–H and O–H groups in total. The van der Waals surface area contributed by atoms with Gasteiger partial charge in [0.2, 0.25) is 0 Å². The monoisotopic (exact) mass is 247 g/mol. The molecule has 1 heterocycles. The minimum absolute atomic E-state index is 0.404. The maximum Gasteiger partial charge on any atom is 0.0156 e. The van der Waals surface area contributed by atoms with Crippen LogP contribution in [0.2, 0.25) is 0 Å². The maximum absolute atomic E-state index is 3.31. The van der Waals surface area contributed by atoms with E-state index >= 15 is 0 Å². The molecular weight excluding hydrogens is 230 g/mol. The van der Waals surface area contributed by atoms with E-state index < -0.39 is 0 Å². The van der Waals surface area contributed by atoms with Crippen LogP contribution in [0.15, 0.2) is 79.0 Å². The summed E-state index contributed by atoms with van der Waals surface area (Å²) in [5.41, 5.74) is 4.00. The van der Waals surface area contributed by atoms with E-state index in [1.54, 1.807) is 0 Å². The van der Waals surface area contributed by atoms with Crippen molar-refractivity contribution >= 4 is 0 Å². The summed E-state index contributed by atoms with van der Waals surface area (Å²) in [6, 6.07) is 25.6. The topological polar surface area (TPSA) is 15.8 Å². The Bertz CT molecular complexity index is 557. The standard InChI is InChI=1S/C18H17N/c1-3-8-15(9-4-1)18(14-17-12-7-13-19-17)16-10-5-2-6-11-16/h1-13,18-19H,14H2. The second-order valence-electron chi connectivity index (χ2n) is 4.77. The van der Waals surface area contributed by atoms with Crippen LogP contribution >= 0.6 is 0 Å². The maximum atomic E-state index is 3.31.